The fourth-order valence-corrected chi connectivity index (χ4v) is 4.57. The molecule has 1 aliphatic rings. The van der Waals surface area contributed by atoms with Gasteiger partial charge in [-0.15, -0.1) is 11.3 Å². The molecule has 4 rings (SSSR count). The average molecular weight is 357 g/mol. The van der Waals surface area contributed by atoms with Gasteiger partial charge >= 0.3 is 0 Å². The lowest BCUT2D eigenvalue weighted by molar-refractivity contribution is 0.279. The fraction of sp³-hybridized carbons (Fsp3) is 0.316. The zero-order chi connectivity index (χ0) is 16.5. The Hall–Kier alpha value is -1.56. The highest BCUT2D eigenvalue weighted by Crippen LogP contribution is 2.22. The molecule has 1 unspecified atom stereocenters. The van der Waals surface area contributed by atoms with E-state index in [2.05, 4.69) is 40.2 Å². The second-order valence-electron chi connectivity index (χ2n) is 6.32. The normalized spacial score (nSPS) is 16.7. The van der Waals surface area contributed by atoms with Crippen molar-refractivity contribution in [3.8, 4) is 0 Å². The molecule has 5 heteroatoms. The second kappa shape index (κ2) is 6.75. The van der Waals surface area contributed by atoms with Crippen LogP contribution >= 0.6 is 11.3 Å². The Balaban J connectivity index is 1.49. The Morgan fingerprint density at radius 2 is 1.96 bits per heavy atom. The van der Waals surface area contributed by atoms with E-state index in [0.29, 0.717) is 0 Å². The van der Waals surface area contributed by atoms with Gasteiger partial charge in [-0.25, -0.2) is 4.98 Å². The number of hydrogen-bond donors (Lipinski definition) is 0. The molecule has 0 spiro atoms. The summed E-state index contributed by atoms with van der Waals surface area (Å²) in [6.45, 7) is 3.08. The van der Waals surface area contributed by atoms with E-state index in [4.69, 9.17) is 0 Å². The lowest BCUT2D eigenvalue weighted by Crippen LogP contribution is -2.25. The number of thiazole rings is 1. The molecule has 1 aromatic heterocycles. The number of hydrogen-bond acceptors (Lipinski definition) is 4. The van der Waals surface area contributed by atoms with Crippen LogP contribution in [0.3, 0.4) is 0 Å². The van der Waals surface area contributed by atoms with Crippen molar-refractivity contribution in [3.63, 3.8) is 0 Å². The molecule has 2 aromatic carbocycles. The van der Waals surface area contributed by atoms with Gasteiger partial charge in [-0.05, 0) is 53.8 Å². The number of benzene rings is 2. The molecule has 124 valence electrons. The molecular formula is C19H20N2OS2. The standard InChI is InChI=1S/C19H20N2OS2/c1-24(22)17-4-3-15-6-8-21(9-7-16(15)11-17)12-14-2-5-19-18(10-14)20-13-23-19/h2-5,10-11,13H,6-9,12H2,1H3. The van der Waals surface area contributed by atoms with E-state index in [1.54, 1.807) is 17.6 Å². The monoisotopic (exact) mass is 356 g/mol. The van der Waals surface area contributed by atoms with E-state index in [1.807, 2.05) is 11.6 Å². The third kappa shape index (κ3) is 3.29. The molecule has 3 aromatic rings. The third-order valence-corrected chi connectivity index (χ3v) is 6.43. The van der Waals surface area contributed by atoms with Crippen LogP contribution in [0.4, 0.5) is 0 Å². The van der Waals surface area contributed by atoms with Crippen LogP contribution < -0.4 is 0 Å². The summed E-state index contributed by atoms with van der Waals surface area (Å²) in [7, 11) is -0.902. The zero-order valence-electron chi connectivity index (χ0n) is 13.7. The molecule has 1 atom stereocenters. The van der Waals surface area contributed by atoms with Crippen molar-refractivity contribution in [1.29, 1.82) is 0 Å². The first-order valence-electron chi connectivity index (χ1n) is 8.19. The number of rotatable bonds is 3. The highest BCUT2D eigenvalue weighted by atomic mass is 32.2. The molecule has 24 heavy (non-hydrogen) atoms. The van der Waals surface area contributed by atoms with Crippen molar-refractivity contribution < 1.29 is 4.21 Å². The van der Waals surface area contributed by atoms with E-state index in [0.717, 1.165) is 42.9 Å². The Kier molecular flexibility index (Phi) is 4.48. The smallest absolute Gasteiger partial charge is 0.0815 e. The average Bonchev–Trinajstić information content (AvgIpc) is 2.96. The SMILES string of the molecule is CS(=O)c1ccc2c(c1)CCN(Cc1ccc3scnc3c1)CC2. The summed E-state index contributed by atoms with van der Waals surface area (Å²) in [5.41, 5.74) is 7.11. The van der Waals surface area contributed by atoms with Crippen LogP contribution in [0.2, 0.25) is 0 Å². The van der Waals surface area contributed by atoms with Gasteiger partial charge in [0.1, 0.15) is 0 Å². The summed E-state index contributed by atoms with van der Waals surface area (Å²) in [6.07, 6.45) is 3.84. The van der Waals surface area contributed by atoms with E-state index in [-0.39, 0.29) is 0 Å². The van der Waals surface area contributed by atoms with Gasteiger partial charge in [0.2, 0.25) is 0 Å². The lowest BCUT2D eigenvalue weighted by atomic mass is 10.0. The summed E-state index contributed by atoms with van der Waals surface area (Å²) in [5, 5.41) is 0. The molecule has 0 aliphatic carbocycles. The molecule has 0 radical (unpaired) electrons. The summed E-state index contributed by atoms with van der Waals surface area (Å²) in [6, 6.07) is 12.9. The summed E-state index contributed by atoms with van der Waals surface area (Å²) in [5.74, 6) is 0. The van der Waals surface area contributed by atoms with Crippen molar-refractivity contribution in [2.45, 2.75) is 24.3 Å². The van der Waals surface area contributed by atoms with Crippen molar-refractivity contribution in [1.82, 2.24) is 9.88 Å². The van der Waals surface area contributed by atoms with E-state index < -0.39 is 10.8 Å². The van der Waals surface area contributed by atoms with Gasteiger partial charge in [-0.3, -0.25) is 9.11 Å². The maximum Gasteiger partial charge on any atom is 0.0815 e. The first kappa shape index (κ1) is 15.9. The molecular weight excluding hydrogens is 336 g/mol. The maximum atomic E-state index is 11.7. The van der Waals surface area contributed by atoms with Crippen molar-refractivity contribution in [2.75, 3.05) is 19.3 Å². The number of fused-ring (bicyclic) bond motifs is 2. The molecule has 0 fully saturated rings. The largest absolute Gasteiger partial charge is 0.298 e. The van der Waals surface area contributed by atoms with Gasteiger partial charge in [0.25, 0.3) is 0 Å². The van der Waals surface area contributed by atoms with Gasteiger partial charge in [0, 0.05) is 41.6 Å². The molecule has 0 amide bonds. The van der Waals surface area contributed by atoms with E-state index in [9.17, 15) is 4.21 Å². The van der Waals surface area contributed by atoms with Crippen LogP contribution in [0.5, 0.6) is 0 Å². The van der Waals surface area contributed by atoms with Crippen LogP contribution in [0, 0.1) is 0 Å². The van der Waals surface area contributed by atoms with Crippen molar-refractivity contribution in [2.24, 2.45) is 0 Å². The lowest BCUT2D eigenvalue weighted by Gasteiger charge is -2.19. The highest BCUT2D eigenvalue weighted by Gasteiger charge is 2.15. The van der Waals surface area contributed by atoms with Gasteiger partial charge in [-0.1, -0.05) is 12.1 Å². The Morgan fingerprint density at radius 3 is 2.79 bits per heavy atom. The highest BCUT2D eigenvalue weighted by molar-refractivity contribution is 7.84. The summed E-state index contributed by atoms with van der Waals surface area (Å²) < 4.78 is 13.0. The molecule has 0 saturated heterocycles. The molecule has 0 bridgehead atoms. The third-order valence-electron chi connectivity index (χ3n) is 4.71. The van der Waals surface area contributed by atoms with E-state index >= 15 is 0 Å². The second-order valence-corrected chi connectivity index (χ2v) is 8.58. The van der Waals surface area contributed by atoms with E-state index in [1.165, 1.54) is 21.4 Å². The summed E-state index contributed by atoms with van der Waals surface area (Å²) >= 11 is 1.69. The molecule has 3 nitrogen and oxygen atoms in total. The minimum atomic E-state index is -0.902. The first-order valence-corrected chi connectivity index (χ1v) is 10.6. The van der Waals surface area contributed by atoms with Gasteiger partial charge in [0.15, 0.2) is 0 Å². The van der Waals surface area contributed by atoms with Crippen LogP contribution in [0.25, 0.3) is 10.2 Å². The molecule has 0 N–H and O–H groups in total. The Bertz CT molecular complexity index is 903. The van der Waals surface area contributed by atoms with Crippen molar-refractivity contribution in [3.05, 3.63) is 58.6 Å². The quantitative estimate of drug-likeness (QED) is 0.718. The first-order chi connectivity index (χ1) is 11.7. The Labute approximate surface area is 148 Å². The topological polar surface area (TPSA) is 33.2 Å². The summed E-state index contributed by atoms with van der Waals surface area (Å²) in [4.78, 5) is 7.87. The minimum absolute atomic E-state index is 0.902. The number of aromatic nitrogens is 1. The van der Waals surface area contributed by atoms with Gasteiger partial charge in [0.05, 0.1) is 15.7 Å². The maximum absolute atomic E-state index is 11.7. The van der Waals surface area contributed by atoms with Gasteiger partial charge in [-0.2, -0.15) is 0 Å². The number of nitrogens with zero attached hydrogens (tertiary/aromatic N) is 2. The van der Waals surface area contributed by atoms with Crippen LogP contribution in [0.15, 0.2) is 46.8 Å². The van der Waals surface area contributed by atoms with Crippen LogP contribution in [-0.2, 0) is 30.2 Å². The molecule has 1 aliphatic heterocycles. The van der Waals surface area contributed by atoms with Gasteiger partial charge < -0.3 is 0 Å². The minimum Gasteiger partial charge on any atom is -0.298 e. The van der Waals surface area contributed by atoms with Crippen LogP contribution in [-0.4, -0.2) is 33.4 Å². The molecule has 0 saturated carbocycles. The fourth-order valence-electron chi connectivity index (χ4n) is 3.34. The predicted molar refractivity (Wildman–Crippen MR) is 101 cm³/mol. The van der Waals surface area contributed by atoms with Crippen molar-refractivity contribution >= 4 is 32.4 Å². The zero-order valence-corrected chi connectivity index (χ0v) is 15.3. The molecule has 2 heterocycles. The predicted octanol–water partition coefficient (Wildman–Crippen LogP) is 3.63. The van der Waals surface area contributed by atoms with Crippen LogP contribution in [0.1, 0.15) is 16.7 Å². The Morgan fingerprint density at radius 1 is 1.12 bits per heavy atom.